The molecule has 0 bridgehead atoms. The third-order valence-electron chi connectivity index (χ3n) is 3.00. The minimum absolute atomic E-state index is 0.239. The largest absolute Gasteiger partial charge is 0.494 e. The Labute approximate surface area is 118 Å². The summed E-state index contributed by atoms with van der Waals surface area (Å²) in [4.78, 5) is 1.05. The van der Waals surface area contributed by atoms with Crippen LogP contribution in [0.15, 0.2) is 35.7 Å². The van der Waals surface area contributed by atoms with Crippen molar-refractivity contribution in [1.29, 1.82) is 0 Å². The van der Waals surface area contributed by atoms with Crippen LogP contribution in [0.2, 0.25) is 0 Å². The lowest BCUT2D eigenvalue weighted by molar-refractivity contribution is 0.386. The van der Waals surface area contributed by atoms with Crippen molar-refractivity contribution in [3.05, 3.63) is 52.0 Å². The monoisotopic (exact) mass is 293 g/mol. The fourth-order valence-corrected chi connectivity index (χ4v) is 4.13. The number of rotatable bonds is 3. The molecule has 0 saturated heterocycles. The fourth-order valence-electron chi connectivity index (χ4n) is 1.98. The molecular weight excluding hydrogens is 281 g/mol. The molecule has 0 aliphatic carbocycles. The second kappa shape index (κ2) is 4.92. The van der Waals surface area contributed by atoms with Crippen LogP contribution >= 0.6 is 22.7 Å². The first-order valence-electron chi connectivity index (χ1n) is 5.75. The van der Waals surface area contributed by atoms with E-state index in [0.717, 1.165) is 10.4 Å². The number of halogens is 1. The Morgan fingerprint density at radius 2 is 2.05 bits per heavy atom. The number of fused-ring (bicyclic) bond motifs is 1. The Kier molecular flexibility index (Phi) is 3.26. The predicted octanol–water partition coefficient (Wildman–Crippen LogP) is 4.16. The van der Waals surface area contributed by atoms with E-state index in [2.05, 4.69) is 17.5 Å². The molecule has 0 amide bonds. The third kappa shape index (κ3) is 2.25. The molecule has 0 saturated carbocycles. The highest BCUT2D eigenvalue weighted by Gasteiger charge is 2.15. The maximum absolute atomic E-state index is 13.7. The SMILES string of the molecule is COc1ccc(C(N)c2cc3sccc3s2)cc1F. The molecule has 19 heavy (non-hydrogen) atoms. The molecule has 0 aliphatic heterocycles. The zero-order valence-electron chi connectivity index (χ0n) is 10.2. The Balaban J connectivity index is 1.96. The van der Waals surface area contributed by atoms with E-state index in [-0.39, 0.29) is 17.6 Å². The molecule has 3 aromatic rings. The van der Waals surface area contributed by atoms with Gasteiger partial charge in [-0.2, -0.15) is 0 Å². The van der Waals surface area contributed by atoms with Crippen molar-refractivity contribution in [1.82, 2.24) is 0 Å². The van der Waals surface area contributed by atoms with Crippen LogP contribution in [0.5, 0.6) is 5.75 Å². The van der Waals surface area contributed by atoms with Crippen LogP contribution in [0.25, 0.3) is 9.40 Å². The predicted molar refractivity (Wildman–Crippen MR) is 78.7 cm³/mol. The van der Waals surface area contributed by atoms with Crippen molar-refractivity contribution in [3.8, 4) is 5.75 Å². The van der Waals surface area contributed by atoms with Crippen LogP contribution in [0.4, 0.5) is 4.39 Å². The lowest BCUT2D eigenvalue weighted by Crippen LogP contribution is -2.10. The molecule has 0 fully saturated rings. The highest BCUT2D eigenvalue weighted by atomic mass is 32.1. The quantitative estimate of drug-likeness (QED) is 0.787. The molecule has 2 N–H and O–H groups in total. The average Bonchev–Trinajstić information content (AvgIpc) is 2.98. The lowest BCUT2D eigenvalue weighted by Gasteiger charge is -2.11. The van der Waals surface area contributed by atoms with Gasteiger partial charge < -0.3 is 10.5 Å². The van der Waals surface area contributed by atoms with Crippen molar-refractivity contribution in [3.63, 3.8) is 0 Å². The normalized spacial score (nSPS) is 12.8. The number of thiophene rings is 2. The highest BCUT2D eigenvalue weighted by Crippen LogP contribution is 2.35. The van der Waals surface area contributed by atoms with E-state index in [9.17, 15) is 4.39 Å². The van der Waals surface area contributed by atoms with Gasteiger partial charge in [-0.15, -0.1) is 22.7 Å². The fraction of sp³-hybridized carbons (Fsp3) is 0.143. The molecule has 1 unspecified atom stereocenters. The first-order chi connectivity index (χ1) is 9.19. The third-order valence-corrected chi connectivity index (χ3v) is 5.18. The van der Waals surface area contributed by atoms with Crippen LogP contribution in [0.3, 0.4) is 0 Å². The summed E-state index contributed by atoms with van der Waals surface area (Å²) in [5.74, 6) is -0.142. The number of hydrogen-bond donors (Lipinski definition) is 1. The van der Waals surface area contributed by atoms with Crippen molar-refractivity contribution in [2.75, 3.05) is 7.11 Å². The standard InChI is InChI=1S/C14H12FNOS2/c1-17-10-3-2-8(6-9(10)15)14(16)13-7-12-11(19-13)4-5-18-12/h2-7,14H,16H2,1H3. The highest BCUT2D eigenvalue weighted by molar-refractivity contribution is 7.27. The molecule has 0 aliphatic rings. The second-order valence-corrected chi connectivity index (χ2v) is 6.23. The van der Waals surface area contributed by atoms with Crippen LogP contribution in [-0.2, 0) is 0 Å². The van der Waals surface area contributed by atoms with Gasteiger partial charge in [-0.1, -0.05) is 6.07 Å². The van der Waals surface area contributed by atoms with Gasteiger partial charge in [-0.3, -0.25) is 0 Å². The maximum atomic E-state index is 13.7. The number of nitrogens with two attached hydrogens (primary N) is 1. The zero-order chi connectivity index (χ0) is 13.4. The summed E-state index contributed by atoms with van der Waals surface area (Å²) in [6, 6.07) is 8.72. The molecule has 3 rings (SSSR count). The average molecular weight is 293 g/mol. The summed E-state index contributed by atoms with van der Waals surface area (Å²) in [5.41, 5.74) is 6.96. The van der Waals surface area contributed by atoms with Crippen molar-refractivity contribution < 1.29 is 9.13 Å². The lowest BCUT2D eigenvalue weighted by atomic mass is 10.1. The van der Waals surface area contributed by atoms with E-state index in [1.165, 1.54) is 22.6 Å². The van der Waals surface area contributed by atoms with E-state index in [0.29, 0.717) is 0 Å². The zero-order valence-corrected chi connectivity index (χ0v) is 11.9. The van der Waals surface area contributed by atoms with E-state index < -0.39 is 0 Å². The van der Waals surface area contributed by atoms with E-state index >= 15 is 0 Å². The summed E-state index contributed by atoms with van der Waals surface area (Å²) in [6.45, 7) is 0. The number of ether oxygens (including phenoxy) is 1. The van der Waals surface area contributed by atoms with E-state index in [4.69, 9.17) is 10.5 Å². The number of hydrogen-bond acceptors (Lipinski definition) is 4. The molecule has 2 nitrogen and oxygen atoms in total. The second-order valence-electron chi connectivity index (χ2n) is 4.17. The van der Waals surface area contributed by atoms with Gasteiger partial charge in [0.2, 0.25) is 0 Å². The minimum Gasteiger partial charge on any atom is -0.494 e. The molecular formula is C14H12FNOS2. The van der Waals surface area contributed by atoms with Gasteiger partial charge in [0.15, 0.2) is 11.6 Å². The van der Waals surface area contributed by atoms with E-state index in [1.54, 1.807) is 34.8 Å². The topological polar surface area (TPSA) is 35.2 Å². The molecule has 98 valence electrons. The molecule has 2 heterocycles. The summed E-state index contributed by atoms with van der Waals surface area (Å²) in [5, 5.41) is 2.06. The molecule has 2 aromatic heterocycles. The van der Waals surface area contributed by atoms with Gasteiger partial charge in [0.05, 0.1) is 13.2 Å². The smallest absolute Gasteiger partial charge is 0.165 e. The van der Waals surface area contributed by atoms with Gasteiger partial charge in [0.25, 0.3) is 0 Å². The first kappa shape index (κ1) is 12.6. The molecule has 1 aromatic carbocycles. The van der Waals surface area contributed by atoms with Gasteiger partial charge in [0.1, 0.15) is 0 Å². The van der Waals surface area contributed by atoms with Crippen LogP contribution in [-0.4, -0.2) is 7.11 Å². The number of methoxy groups -OCH3 is 1. The van der Waals surface area contributed by atoms with Crippen LogP contribution < -0.4 is 10.5 Å². The Morgan fingerprint density at radius 3 is 2.74 bits per heavy atom. The van der Waals surface area contributed by atoms with Gasteiger partial charge >= 0.3 is 0 Å². The Morgan fingerprint density at radius 1 is 1.21 bits per heavy atom. The van der Waals surface area contributed by atoms with Gasteiger partial charge in [-0.25, -0.2) is 4.39 Å². The molecule has 0 radical (unpaired) electrons. The van der Waals surface area contributed by atoms with Gasteiger partial charge in [0, 0.05) is 14.3 Å². The minimum atomic E-state index is -0.381. The molecule has 5 heteroatoms. The van der Waals surface area contributed by atoms with Gasteiger partial charge in [-0.05, 0) is 35.2 Å². The number of benzene rings is 1. The summed E-state index contributed by atoms with van der Waals surface area (Å²) < 4.78 is 21.1. The Hall–Kier alpha value is -1.43. The van der Waals surface area contributed by atoms with Crippen LogP contribution in [0.1, 0.15) is 16.5 Å². The van der Waals surface area contributed by atoms with Crippen molar-refractivity contribution in [2.24, 2.45) is 5.73 Å². The maximum Gasteiger partial charge on any atom is 0.165 e. The van der Waals surface area contributed by atoms with E-state index in [1.807, 2.05) is 0 Å². The first-order valence-corrected chi connectivity index (χ1v) is 7.44. The molecule has 0 spiro atoms. The van der Waals surface area contributed by atoms with Crippen molar-refractivity contribution >= 4 is 32.1 Å². The molecule has 1 atom stereocenters. The van der Waals surface area contributed by atoms with Crippen LogP contribution in [0, 0.1) is 5.82 Å². The Bertz CT molecular complexity index is 691. The summed E-state index contributed by atoms with van der Waals surface area (Å²) in [6.07, 6.45) is 0. The summed E-state index contributed by atoms with van der Waals surface area (Å²) >= 11 is 3.35. The van der Waals surface area contributed by atoms with Crippen molar-refractivity contribution in [2.45, 2.75) is 6.04 Å². The summed E-state index contributed by atoms with van der Waals surface area (Å²) in [7, 11) is 1.45.